The summed E-state index contributed by atoms with van der Waals surface area (Å²) in [6, 6.07) is 5.51. The molecule has 0 radical (unpaired) electrons. The molecule has 1 aromatic rings. The number of halogens is 1. The van der Waals surface area contributed by atoms with Gasteiger partial charge in [-0.25, -0.2) is 0 Å². The normalized spacial score (nSPS) is 10.0. The first-order chi connectivity index (χ1) is 6.25. The maximum Gasteiger partial charge on any atom is 0.143 e. The number of nitrogen functional groups attached to an aromatic ring is 1. The lowest BCUT2D eigenvalue weighted by atomic mass is 10.3. The molecule has 4 heteroatoms. The quantitative estimate of drug-likeness (QED) is 0.629. The van der Waals surface area contributed by atoms with Crippen molar-refractivity contribution in [1.82, 2.24) is 0 Å². The predicted molar refractivity (Wildman–Crippen MR) is 55.8 cm³/mol. The van der Waals surface area contributed by atoms with Crippen LogP contribution in [0, 0.1) is 0 Å². The SMILES string of the molecule is Nc1c(Br)cccc1OCCCO. The summed E-state index contributed by atoms with van der Waals surface area (Å²) < 4.78 is 6.17. The number of aliphatic hydroxyl groups is 1. The van der Waals surface area contributed by atoms with Crippen molar-refractivity contribution >= 4 is 21.6 Å². The van der Waals surface area contributed by atoms with Gasteiger partial charge in [-0.1, -0.05) is 6.07 Å². The minimum Gasteiger partial charge on any atom is -0.491 e. The van der Waals surface area contributed by atoms with Gasteiger partial charge in [0, 0.05) is 17.5 Å². The summed E-state index contributed by atoms with van der Waals surface area (Å²) in [5.41, 5.74) is 6.33. The molecule has 0 spiro atoms. The van der Waals surface area contributed by atoms with E-state index in [1.165, 1.54) is 0 Å². The molecule has 72 valence electrons. The summed E-state index contributed by atoms with van der Waals surface area (Å²) in [6.45, 7) is 0.616. The third-order valence-electron chi connectivity index (χ3n) is 1.57. The number of hydrogen-bond donors (Lipinski definition) is 2. The van der Waals surface area contributed by atoms with E-state index >= 15 is 0 Å². The molecule has 0 fully saturated rings. The summed E-state index contributed by atoms with van der Waals surface area (Å²) in [5.74, 6) is 0.655. The minimum absolute atomic E-state index is 0.133. The van der Waals surface area contributed by atoms with Crippen molar-refractivity contribution in [2.45, 2.75) is 6.42 Å². The van der Waals surface area contributed by atoms with Crippen molar-refractivity contribution in [2.24, 2.45) is 0 Å². The zero-order valence-electron chi connectivity index (χ0n) is 7.16. The molecule has 3 N–H and O–H groups in total. The molecule has 1 aromatic carbocycles. The second kappa shape index (κ2) is 5.09. The van der Waals surface area contributed by atoms with Crippen LogP contribution >= 0.6 is 15.9 Å². The maximum atomic E-state index is 8.55. The Bertz CT molecular complexity index is 278. The van der Waals surface area contributed by atoms with Crippen LogP contribution in [0.1, 0.15) is 6.42 Å². The zero-order valence-corrected chi connectivity index (χ0v) is 8.75. The summed E-state index contributed by atoms with van der Waals surface area (Å²) in [7, 11) is 0. The molecule has 0 amide bonds. The van der Waals surface area contributed by atoms with Crippen molar-refractivity contribution in [3.63, 3.8) is 0 Å². The number of nitrogens with two attached hydrogens (primary N) is 1. The number of para-hydroxylation sites is 1. The highest BCUT2D eigenvalue weighted by Gasteiger charge is 2.02. The first kappa shape index (κ1) is 10.3. The van der Waals surface area contributed by atoms with Crippen molar-refractivity contribution in [3.8, 4) is 5.75 Å². The van der Waals surface area contributed by atoms with E-state index in [9.17, 15) is 0 Å². The van der Waals surface area contributed by atoms with Gasteiger partial charge in [0.25, 0.3) is 0 Å². The Kier molecular flexibility index (Phi) is 4.05. The van der Waals surface area contributed by atoms with E-state index in [0.717, 1.165) is 4.47 Å². The molecular formula is C9H12BrNO2. The summed E-state index contributed by atoms with van der Waals surface area (Å²) >= 11 is 3.30. The van der Waals surface area contributed by atoms with Crippen LogP contribution in [-0.4, -0.2) is 18.3 Å². The van der Waals surface area contributed by atoms with Crippen LogP contribution in [-0.2, 0) is 0 Å². The molecule has 0 aliphatic carbocycles. The molecule has 0 aliphatic heterocycles. The number of aliphatic hydroxyl groups excluding tert-OH is 1. The molecule has 1 rings (SSSR count). The van der Waals surface area contributed by atoms with E-state index in [-0.39, 0.29) is 6.61 Å². The van der Waals surface area contributed by atoms with Crippen LogP contribution in [0.3, 0.4) is 0 Å². The number of hydrogen-bond acceptors (Lipinski definition) is 3. The van der Waals surface area contributed by atoms with E-state index < -0.39 is 0 Å². The Morgan fingerprint density at radius 2 is 2.23 bits per heavy atom. The topological polar surface area (TPSA) is 55.5 Å². The standard InChI is InChI=1S/C9H12BrNO2/c10-7-3-1-4-8(9(7)11)13-6-2-5-12/h1,3-4,12H,2,5-6,11H2. The minimum atomic E-state index is 0.133. The van der Waals surface area contributed by atoms with Crippen LogP contribution in [0.15, 0.2) is 22.7 Å². The molecule has 3 nitrogen and oxygen atoms in total. The fraction of sp³-hybridized carbons (Fsp3) is 0.333. The van der Waals surface area contributed by atoms with Crippen molar-refractivity contribution in [1.29, 1.82) is 0 Å². The lowest BCUT2D eigenvalue weighted by Crippen LogP contribution is -2.02. The molecule has 0 saturated heterocycles. The van der Waals surface area contributed by atoms with E-state index in [1.54, 1.807) is 6.07 Å². The van der Waals surface area contributed by atoms with Crippen LogP contribution in [0.25, 0.3) is 0 Å². The molecule has 0 aliphatic rings. The van der Waals surface area contributed by atoms with Crippen LogP contribution in [0.2, 0.25) is 0 Å². The second-order valence-electron chi connectivity index (χ2n) is 2.58. The zero-order chi connectivity index (χ0) is 9.68. The summed E-state index contributed by atoms with van der Waals surface area (Å²) in [6.07, 6.45) is 0.617. The van der Waals surface area contributed by atoms with Gasteiger partial charge in [-0.05, 0) is 28.1 Å². The van der Waals surface area contributed by atoms with Crippen molar-refractivity contribution in [3.05, 3.63) is 22.7 Å². The van der Waals surface area contributed by atoms with Gasteiger partial charge in [0.2, 0.25) is 0 Å². The fourth-order valence-electron chi connectivity index (χ4n) is 0.890. The summed E-state index contributed by atoms with van der Waals surface area (Å²) in [5, 5.41) is 8.55. The number of ether oxygens (including phenoxy) is 1. The van der Waals surface area contributed by atoms with Crippen LogP contribution < -0.4 is 10.5 Å². The average molecular weight is 246 g/mol. The lowest BCUT2D eigenvalue weighted by Gasteiger charge is -2.08. The first-order valence-electron chi connectivity index (χ1n) is 4.03. The molecule has 0 bridgehead atoms. The summed E-state index contributed by atoms with van der Waals surface area (Å²) in [4.78, 5) is 0. The second-order valence-corrected chi connectivity index (χ2v) is 3.43. The van der Waals surface area contributed by atoms with Gasteiger partial charge in [-0.15, -0.1) is 0 Å². The van der Waals surface area contributed by atoms with E-state index in [1.807, 2.05) is 12.1 Å². The van der Waals surface area contributed by atoms with E-state index in [0.29, 0.717) is 24.5 Å². The highest BCUT2D eigenvalue weighted by Crippen LogP contribution is 2.29. The van der Waals surface area contributed by atoms with Gasteiger partial charge in [0.15, 0.2) is 0 Å². The predicted octanol–water partition coefficient (Wildman–Crippen LogP) is 1.79. The van der Waals surface area contributed by atoms with Crippen molar-refractivity contribution in [2.75, 3.05) is 18.9 Å². The van der Waals surface area contributed by atoms with Crippen LogP contribution in [0.4, 0.5) is 5.69 Å². The first-order valence-corrected chi connectivity index (χ1v) is 4.82. The number of anilines is 1. The largest absolute Gasteiger partial charge is 0.491 e. The molecular weight excluding hydrogens is 234 g/mol. The Morgan fingerprint density at radius 1 is 1.46 bits per heavy atom. The molecule has 0 heterocycles. The fourth-order valence-corrected chi connectivity index (χ4v) is 1.24. The highest BCUT2D eigenvalue weighted by molar-refractivity contribution is 9.10. The monoisotopic (exact) mass is 245 g/mol. The highest BCUT2D eigenvalue weighted by atomic mass is 79.9. The molecule has 0 unspecified atom stereocenters. The van der Waals surface area contributed by atoms with Gasteiger partial charge >= 0.3 is 0 Å². The average Bonchev–Trinajstić information content (AvgIpc) is 2.13. The maximum absolute atomic E-state index is 8.55. The molecule has 0 saturated carbocycles. The van der Waals surface area contributed by atoms with Gasteiger partial charge in [0.05, 0.1) is 12.3 Å². The number of rotatable bonds is 4. The Hall–Kier alpha value is -0.740. The Balaban J connectivity index is 2.61. The van der Waals surface area contributed by atoms with E-state index in [2.05, 4.69) is 15.9 Å². The van der Waals surface area contributed by atoms with E-state index in [4.69, 9.17) is 15.6 Å². The third kappa shape index (κ3) is 2.90. The number of benzene rings is 1. The molecule has 0 atom stereocenters. The lowest BCUT2D eigenvalue weighted by molar-refractivity contribution is 0.234. The Labute approximate surface area is 85.6 Å². The molecule has 0 aromatic heterocycles. The van der Waals surface area contributed by atoms with Gasteiger partial charge in [-0.3, -0.25) is 0 Å². The van der Waals surface area contributed by atoms with Gasteiger partial charge in [-0.2, -0.15) is 0 Å². The van der Waals surface area contributed by atoms with Crippen LogP contribution in [0.5, 0.6) is 5.75 Å². The van der Waals surface area contributed by atoms with Gasteiger partial charge < -0.3 is 15.6 Å². The van der Waals surface area contributed by atoms with Gasteiger partial charge in [0.1, 0.15) is 5.75 Å². The third-order valence-corrected chi connectivity index (χ3v) is 2.26. The molecule has 13 heavy (non-hydrogen) atoms. The smallest absolute Gasteiger partial charge is 0.143 e. The Morgan fingerprint density at radius 3 is 2.92 bits per heavy atom. The van der Waals surface area contributed by atoms with Crippen molar-refractivity contribution < 1.29 is 9.84 Å².